The molecule has 0 fully saturated rings. The highest BCUT2D eigenvalue weighted by atomic mass is 19.2. The molecule has 0 spiro atoms. The first-order chi connectivity index (χ1) is 2.81. The van der Waals surface area contributed by atoms with Gasteiger partial charge in [-0.1, -0.05) is 6.58 Å². The Morgan fingerprint density at radius 2 is 2.33 bits per heavy atom. The van der Waals surface area contributed by atoms with Crippen molar-refractivity contribution >= 4 is 6.72 Å². The van der Waals surface area contributed by atoms with E-state index in [0.29, 0.717) is 0 Å². The van der Waals surface area contributed by atoms with E-state index < -0.39 is 0 Å². The lowest BCUT2D eigenvalue weighted by Gasteiger charge is -1.84. The van der Waals surface area contributed by atoms with Gasteiger partial charge in [-0.3, -0.25) is 0 Å². The van der Waals surface area contributed by atoms with Gasteiger partial charge in [0.1, 0.15) is 5.82 Å². The van der Waals surface area contributed by atoms with Crippen molar-refractivity contribution in [2.24, 2.45) is 4.99 Å². The summed E-state index contributed by atoms with van der Waals surface area (Å²) in [4.78, 5) is 3.08. The SMILES string of the molecule is C=NC(=C)NF. The molecular weight excluding hydrogens is 83.0 g/mol. The Morgan fingerprint density at radius 3 is 2.33 bits per heavy atom. The second kappa shape index (κ2) is 2.38. The summed E-state index contributed by atoms with van der Waals surface area (Å²) >= 11 is 0. The zero-order chi connectivity index (χ0) is 4.99. The van der Waals surface area contributed by atoms with Gasteiger partial charge < -0.3 is 0 Å². The van der Waals surface area contributed by atoms with Crippen LogP contribution >= 0.6 is 0 Å². The van der Waals surface area contributed by atoms with Crippen LogP contribution in [0.1, 0.15) is 0 Å². The van der Waals surface area contributed by atoms with Gasteiger partial charge in [0.15, 0.2) is 0 Å². The summed E-state index contributed by atoms with van der Waals surface area (Å²) in [7, 11) is 0. The topological polar surface area (TPSA) is 24.4 Å². The van der Waals surface area contributed by atoms with Gasteiger partial charge in [0, 0.05) is 0 Å². The maximum Gasteiger partial charge on any atom is 0.146 e. The third-order valence-electron chi connectivity index (χ3n) is 0.300. The first-order valence-corrected chi connectivity index (χ1v) is 1.33. The predicted molar refractivity (Wildman–Crippen MR) is 22.9 cm³/mol. The molecule has 1 N–H and O–H groups in total. The van der Waals surface area contributed by atoms with E-state index in [-0.39, 0.29) is 5.82 Å². The van der Waals surface area contributed by atoms with Crippen LogP contribution in [0.15, 0.2) is 17.4 Å². The molecule has 0 unspecified atom stereocenters. The fourth-order valence-corrected chi connectivity index (χ4v) is 0.0299. The minimum absolute atomic E-state index is 0.0602. The molecule has 0 aliphatic heterocycles. The fraction of sp³-hybridized carbons (Fsp3) is 0. The second-order valence-electron chi connectivity index (χ2n) is 0.699. The van der Waals surface area contributed by atoms with E-state index in [1.807, 2.05) is 0 Å². The summed E-state index contributed by atoms with van der Waals surface area (Å²) in [5.41, 5.74) is 1.19. The number of halogens is 1. The molecule has 34 valence electrons. The molecule has 2 nitrogen and oxygen atoms in total. The second-order valence-corrected chi connectivity index (χ2v) is 0.699. The molecule has 0 amide bonds. The molecule has 0 saturated carbocycles. The smallest absolute Gasteiger partial charge is 0.146 e. The molecule has 0 rings (SSSR count). The molecule has 0 heterocycles. The zero-order valence-electron chi connectivity index (χ0n) is 3.24. The van der Waals surface area contributed by atoms with Crippen molar-refractivity contribution in [1.29, 1.82) is 0 Å². The summed E-state index contributed by atoms with van der Waals surface area (Å²) in [6.45, 7) is 6.06. The van der Waals surface area contributed by atoms with Crippen LogP contribution in [0, 0.1) is 0 Å². The first kappa shape index (κ1) is 5.14. The summed E-state index contributed by atoms with van der Waals surface area (Å²) in [6.07, 6.45) is 0. The van der Waals surface area contributed by atoms with Crippen LogP contribution in [0.5, 0.6) is 0 Å². The summed E-state index contributed by atoms with van der Waals surface area (Å²) < 4.78 is 10.9. The molecule has 0 aliphatic rings. The Labute approximate surface area is 35.3 Å². The minimum Gasteiger partial charge on any atom is -0.246 e. The number of hydrogen-bond acceptors (Lipinski definition) is 2. The largest absolute Gasteiger partial charge is 0.246 e. The monoisotopic (exact) mass is 88.0 g/mol. The molecule has 0 atom stereocenters. The molecule has 0 bridgehead atoms. The van der Waals surface area contributed by atoms with Crippen LogP contribution in [0.3, 0.4) is 0 Å². The number of hydrogen-bond donors (Lipinski definition) is 1. The molecule has 0 saturated heterocycles. The lowest BCUT2D eigenvalue weighted by Crippen LogP contribution is -1.92. The van der Waals surface area contributed by atoms with Crippen LogP contribution in [0.4, 0.5) is 4.48 Å². The summed E-state index contributed by atoms with van der Waals surface area (Å²) in [6, 6.07) is 0. The van der Waals surface area contributed by atoms with Crippen LogP contribution in [-0.4, -0.2) is 6.72 Å². The molecule has 3 heteroatoms. The number of rotatable bonds is 2. The van der Waals surface area contributed by atoms with E-state index in [9.17, 15) is 4.48 Å². The zero-order valence-corrected chi connectivity index (χ0v) is 3.24. The lowest BCUT2D eigenvalue weighted by molar-refractivity contribution is 0.384. The Balaban J connectivity index is 3.23. The average molecular weight is 88.1 g/mol. The van der Waals surface area contributed by atoms with Crippen molar-refractivity contribution in [3.63, 3.8) is 0 Å². The highest BCUT2D eigenvalue weighted by Gasteiger charge is 1.74. The molecule has 0 aromatic carbocycles. The Kier molecular flexibility index (Phi) is 2.04. The minimum atomic E-state index is -0.0602. The molecule has 0 aromatic heterocycles. The van der Waals surface area contributed by atoms with Crippen molar-refractivity contribution in [2.45, 2.75) is 0 Å². The van der Waals surface area contributed by atoms with Gasteiger partial charge in [0.25, 0.3) is 0 Å². The number of nitrogens with zero attached hydrogens (tertiary/aromatic N) is 1. The van der Waals surface area contributed by atoms with Gasteiger partial charge in [0.2, 0.25) is 0 Å². The lowest BCUT2D eigenvalue weighted by atomic mass is 10.9. The van der Waals surface area contributed by atoms with E-state index in [4.69, 9.17) is 0 Å². The van der Waals surface area contributed by atoms with Crippen molar-refractivity contribution in [3.8, 4) is 0 Å². The normalized spacial score (nSPS) is 6.83. The van der Waals surface area contributed by atoms with E-state index in [1.165, 1.54) is 5.54 Å². The third kappa shape index (κ3) is 1.46. The fourth-order valence-electron chi connectivity index (χ4n) is 0.0299. The van der Waals surface area contributed by atoms with E-state index >= 15 is 0 Å². The van der Waals surface area contributed by atoms with Gasteiger partial charge in [-0.05, 0) is 6.72 Å². The molecular formula is C3H5FN2. The van der Waals surface area contributed by atoms with Crippen molar-refractivity contribution in [3.05, 3.63) is 12.4 Å². The Morgan fingerprint density at radius 1 is 1.83 bits per heavy atom. The summed E-state index contributed by atoms with van der Waals surface area (Å²) in [5.74, 6) is -0.0602. The highest BCUT2D eigenvalue weighted by Crippen LogP contribution is 1.78. The maximum atomic E-state index is 10.9. The van der Waals surface area contributed by atoms with Crippen molar-refractivity contribution in [1.82, 2.24) is 5.54 Å². The Hall–Kier alpha value is -0.860. The van der Waals surface area contributed by atoms with Gasteiger partial charge in [-0.15, -0.1) is 4.48 Å². The number of nitrogens with one attached hydrogen (secondary N) is 1. The third-order valence-corrected chi connectivity index (χ3v) is 0.300. The highest BCUT2D eigenvalue weighted by molar-refractivity contribution is 5.27. The van der Waals surface area contributed by atoms with Gasteiger partial charge in [-0.2, -0.15) is 0 Å². The first-order valence-electron chi connectivity index (χ1n) is 1.33. The van der Waals surface area contributed by atoms with E-state index in [0.717, 1.165) is 0 Å². The van der Waals surface area contributed by atoms with Gasteiger partial charge in [-0.25, -0.2) is 10.5 Å². The van der Waals surface area contributed by atoms with Crippen LogP contribution < -0.4 is 5.54 Å². The standard InChI is InChI=1S/C3H5FN2/c1-3(5-2)6-4/h6H,1-2H2. The molecule has 0 aromatic rings. The maximum absolute atomic E-state index is 10.9. The summed E-state index contributed by atoms with van der Waals surface area (Å²) in [5, 5.41) is 0. The van der Waals surface area contributed by atoms with Gasteiger partial charge >= 0.3 is 0 Å². The van der Waals surface area contributed by atoms with Crippen LogP contribution in [0.2, 0.25) is 0 Å². The quantitative estimate of drug-likeness (QED) is 0.388. The Bertz CT molecular complexity index is 69.2. The van der Waals surface area contributed by atoms with Crippen LogP contribution in [0.25, 0.3) is 0 Å². The van der Waals surface area contributed by atoms with Crippen molar-refractivity contribution < 1.29 is 4.48 Å². The van der Waals surface area contributed by atoms with Crippen molar-refractivity contribution in [2.75, 3.05) is 0 Å². The van der Waals surface area contributed by atoms with E-state index in [1.54, 1.807) is 0 Å². The van der Waals surface area contributed by atoms with Crippen LogP contribution in [-0.2, 0) is 0 Å². The molecule has 6 heavy (non-hydrogen) atoms. The number of aliphatic imine (C=N–C) groups is 1. The van der Waals surface area contributed by atoms with E-state index in [2.05, 4.69) is 18.3 Å². The molecule has 0 radical (unpaired) electrons. The average Bonchev–Trinajstić information content (AvgIpc) is 1.65. The predicted octanol–water partition coefficient (Wildman–Crippen LogP) is 0.632. The van der Waals surface area contributed by atoms with Gasteiger partial charge in [0.05, 0.1) is 0 Å². The molecule has 0 aliphatic carbocycles.